The van der Waals surface area contributed by atoms with Crippen molar-refractivity contribution in [1.29, 1.82) is 0 Å². The van der Waals surface area contributed by atoms with E-state index in [4.69, 9.17) is 14.2 Å². The quantitative estimate of drug-likeness (QED) is 0.560. The molecule has 0 aromatic heterocycles. The van der Waals surface area contributed by atoms with Gasteiger partial charge in [-0.2, -0.15) is 0 Å². The lowest BCUT2D eigenvalue weighted by molar-refractivity contribution is -0.125. The van der Waals surface area contributed by atoms with Gasteiger partial charge < -0.3 is 30.2 Å². The predicted octanol–water partition coefficient (Wildman–Crippen LogP) is -0.163. The molecule has 3 amide bonds. The Labute approximate surface area is 151 Å². The van der Waals surface area contributed by atoms with Crippen molar-refractivity contribution >= 4 is 17.7 Å². The van der Waals surface area contributed by atoms with Gasteiger partial charge >= 0.3 is 0 Å². The van der Waals surface area contributed by atoms with Gasteiger partial charge in [-0.1, -0.05) is 0 Å². The third kappa shape index (κ3) is 5.27. The van der Waals surface area contributed by atoms with Crippen molar-refractivity contribution < 1.29 is 28.6 Å². The van der Waals surface area contributed by atoms with Gasteiger partial charge in [0.25, 0.3) is 5.91 Å². The second-order valence-electron chi connectivity index (χ2n) is 5.72. The highest BCUT2D eigenvalue weighted by atomic mass is 16.5. The molecular weight excluding hydrogens is 342 g/mol. The highest BCUT2D eigenvalue weighted by molar-refractivity contribution is 5.98. The third-order valence-electron chi connectivity index (χ3n) is 3.72. The van der Waals surface area contributed by atoms with Gasteiger partial charge in [0.1, 0.15) is 0 Å². The fraction of sp³-hybridized carbons (Fsp3) is 0.471. The summed E-state index contributed by atoms with van der Waals surface area (Å²) in [6.45, 7) is -0.373. The Morgan fingerprint density at radius 2 is 1.50 bits per heavy atom. The van der Waals surface area contributed by atoms with Crippen LogP contribution in [-0.2, 0) is 9.59 Å². The first-order valence-electron chi connectivity index (χ1n) is 8.12. The molecule has 1 aliphatic rings. The van der Waals surface area contributed by atoms with Crippen molar-refractivity contribution in [3.8, 4) is 17.2 Å². The van der Waals surface area contributed by atoms with Gasteiger partial charge in [-0.05, 0) is 25.0 Å². The maximum Gasteiger partial charge on any atom is 0.251 e. The zero-order chi connectivity index (χ0) is 19.1. The topological polar surface area (TPSA) is 115 Å². The molecule has 0 spiro atoms. The van der Waals surface area contributed by atoms with E-state index >= 15 is 0 Å². The first kappa shape index (κ1) is 19.4. The lowest BCUT2D eigenvalue weighted by Gasteiger charge is -2.14. The number of carbonyl (C=O) groups excluding carboxylic acids is 3. The minimum atomic E-state index is -0.484. The van der Waals surface area contributed by atoms with Crippen LogP contribution in [0.3, 0.4) is 0 Å². The van der Waals surface area contributed by atoms with E-state index in [9.17, 15) is 14.4 Å². The van der Waals surface area contributed by atoms with Crippen LogP contribution in [0.1, 0.15) is 23.2 Å². The monoisotopic (exact) mass is 365 g/mol. The zero-order valence-corrected chi connectivity index (χ0v) is 15.0. The summed E-state index contributed by atoms with van der Waals surface area (Å²) in [6, 6.07) is 3.20. The van der Waals surface area contributed by atoms with Gasteiger partial charge in [0.05, 0.1) is 34.4 Å². The molecule has 0 bridgehead atoms. The Hall–Kier alpha value is -2.97. The normalized spacial score (nSPS) is 12.7. The molecule has 2 rings (SSSR count). The minimum Gasteiger partial charge on any atom is -0.493 e. The molecule has 1 aromatic rings. The molecule has 1 aliphatic carbocycles. The van der Waals surface area contributed by atoms with Gasteiger partial charge in [-0.3, -0.25) is 14.4 Å². The lowest BCUT2D eigenvalue weighted by atomic mass is 10.1. The average molecular weight is 365 g/mol. The molecule has 3 N–H and O–H groups in total. The first-order chi connectivity index (χ1) is 12.5. The summed E-state index contributed by atoms with van der Waals surface area (Å²) < 4.78 is 15.6. The molecule has 0 aliphatic heterocycles. The molecule has 142 valence electrons. The van der Waals surface area contributed by atoms with Crippen LogP contribution in [0.2, 0.25) is 0 Å². The molecule has 0 radical (unpaired) electrons. The number of ether oxygens (including phenoxy) is 3. The SMILES string of the molecule is COc1cc(C(=O)NCC(=O)NCC(=O)NC2CC2)cc(OC)c1OC. The highest BCUT2D eigenvalue weighted by Gasteiger charge is 2.23. The number of hydrogen-bond acceptors (Lipinski definition) is 6. The van der Waals surface area contributed by atoms with Crippen LogP contribution in [0.15, 0.2) is 12.1 Å². The van der Waals surface area contributed by atoms with Crippen molar-refractivity contribution in [3.05, 3.63) is 17.7 Å². The lowest BCUT2D eigenvalue weighted by Crippen LogP contribution is -2.42. The van der Waals surface area contributed by atoms with Gasteiger partial charge in [0.2, 0.25) is 17.6 Å². The summed E-state index contributed by atoms with van der Waals surface area (Å²) in [5.74, 6) is -0.155. The number of benzene rings is 1. The van der Waals surface area contributed by atoms with Crippen LogP contribution in [0, 0.1) is 0 Å². The Kier molecular flexibility index (Phi) is 6.65. The summed E-state index contributed by atoms with van der Waals surface area (Å²) in [4.78, 5) is 35.5. The summed E-state index contributed by atoms with van der Waals surface area (Å²) in [6.07, 6.45) is 1.95. The summed E-state index contributed by atoms with van der Waals surface area (Å²) in [5, 5.41) is 7.69. The first-order valence-corrected chi connectivity index (χ1v) is 8.12. The molecule has 9 heteroatoms. The molecule has 26 heavy (non-hydrogen) atoms. The van der Waals surface area contributed by atoms with Crippen LogP contribution in [0.5, 0.6) is 17.2 Å². The van der Waals surface area contributed by atoms with E-state index in [1.54, 1.807) is 0 Å². The van der Waals surface area contributed by atoms with Crippen LogP contribution in [-0.4, -0.2) is 58.2 Å². The minimum absolute atomic E-state index is 0.116. The molecular formula is C17H23N3O6. The smallest absolute Gasteiger partial charge is 0.251 e. The number of methoxy groups -OCH3 is 3. The maximum atomic E-state index is 12.3. The van der Waals surface area contributed by atoms with Crippen molar-refractivity contribution in [1.82, 2.24) is 16.0 Å². The predicted molar refractivity (Wildman–Crippen MR) is 92.6 cm³/mol. The second kappa shape index (κ2) is 8.93. The van der Waals surface area contributed by atoms with Gasteiger partial charge in [0, 0.05) is 11.6 Å². The molecule has 0 heterocycles. The van der Waals surface area contributed by atoms with Crippen molar-refractivity contribution in [3.63, 3.8) is 0 Å². The zero-order valence-electron chi connectivity index (χ0n) is 15.0. The molecule has 0 unspecified atom stereocenters. The van der Waals surface area contributed by atoms with Gasteiger partial charge in [-0.25, -0.2) is 0 Å². The van der Waals surface area contributed by atoms with Gasteiger partial charge in [-0.15, -0.1) is 0 Å². The van der Waals surface area contributed by atoms with Crippen LogP contribution in [0.25, 0.3) is 0 Å². The Balaban J connectivity index is 1.88. The molecule has 1 saturated carbocycles. The van der Waals surface area contributed by atoms with E-state index < -0.39 is 11.8 Å². The van der Waals surface area contributed by atoms with E-state index in [0.717, 1.165) is 12.8 Å². The van der Waals surface area contributed by atoms with Crippen LogP contribution >= 0.6 is 0 Å². The fourth-order valence-electron chi connectivity index (χ4n) is 2.22. The Bertz CT molecular complexity index is 662. The van der Waals surface area contributed by atoms with Crippen molar-refractivity contribution in [2.45, 2.75) is 18.9 Å². The average Bonchev–Trinajstić information content (AvgIpc) is 3.46. The Morgan fingerprint density at radius 1 is 0.923 bits per heavy atom. The summed E-state index contributed by atoms with van der Waals surface area (Å²) >= 11 is 0. The largest absolute Gasteiger partial charge is 0.493 e. The highest BCUT2D eigenvalue weighted by Crippen LogP contribution is 2.38. The van der Waals surface area contributed by atoms with E-state index in [2.05, 4.69) is 16.0 Å². The standard InChI is InChI=1S/C17H23N3O6/c1-24-12-6-10(7-13(25-2)16(12)26-3)17(23)19-8-14(21)18-9-15(22)20-11-4-5-11/h6-7,11H,4-5,8-9H2,1-3H3,(H,18,21)(H,19,23)(H,20,22). The van der Waals surface area contributed by atoms with E-state index in [0.29, 0.717) is 17.2 Å². The third-order valence-corrected chi connectivity index (χ3v) is 3.72. The number of rotatable bonds is 9. The van der Waals surface area contributed by atoms with Crippen LogP contribution in [0.4, 0.5) is 0 Å². The summed E-state index contributed by atoms with van der Waals surface area (Å²) in [5.41, 5.74) is 0.249. The number of amides is 3. The Morgan fingerprint density at radius 3 is 2.00 bits per heavy atom. The molecule has 0 atom stereocenters. The molecule has 1 fully saturated rings. The van der Waals surface area contributed by atoms with Crippen molar-refractivity contribution in [2.75, 3.05) is 34.4 Å². The molecule has 1 aromatic carbocycles. The second-order valence-corrected chi connectivity index (χ2v) is 5.72. The van der Waals surface area contributed by atoms with E-state index in [1.807, 2.05) is 0 Å². The van der Waals surface area contributed by atoms with E-state index in [1.165, 1.54) is 33.5 Å². The summed E-state index contributed by atoms with van der Waals surface area (Å²) in [7, 11) is 4.35. The fourth-order valence-corrected chi connectivity index (χ4v) is 2.22. The molecule has 0 saturated heterocycles. The maximum absolute atomic E-state index is 12.3. The van der Waals surface area contributed by atoms with Crippen LogP contribution < -0.4 is 30.2 Å². The number of nitrogens with one attached hydrogen (secondary N) is 3. The van der Waals surface area contributed by atoms with Gasteiger partial charge in [0.15, 0.2) is 11.5 Å². The number of carbonyl (C=O) groups is 3. The number of hydrogen-bond donors (Lipinski definition) is 3. The van der Waals surface area contributed by atoms with E-state index in [-0.39, 0.29) is 30.6 Å². The molecule has 9 nitrogen and oxygen atoms in total. The van der Waals surface area contributed by atoms with Crippen molar-refractivity contribution in [2.24, 2.45) is 0 Å².